The zero-order valence-electron chi connectivity index (χ0n) is 10.3. The first-order valence-corrected chi connectivity index (χ1v) is 8.11. The van der Waals surface area contributed by atoms with Crippen LogP contribution in [0, 0.1) is 0 Å². The molecule has 2 rings (SSSR count). The lowest BCUT2D eigenvalue weighted by Gasteiger charge is -2.10. The third kappa shape index (κ3) is 4.69. The number of thiophene rings is 1. The number of halogens is 4. The summed E-state index contributed by atoms with van der Waals surface area (Å²) in [5.41, 5.74) is 0. The van der Waals surface area contributed by atoms with Crippen molar-refractivity contribution in [2.24, 2.45) is 0 Å². The first kappa shape index (κ1) is 16.2. The maximum atomic E-state index is 6.02. The van der Waals surface area contributed by atoms with Gasteiger partial charge in [0.1, 0.15) is 6.61 Å². The van der Waals surface area contributed by atoms with E-state index < -0.39 is 0 Å². The van der Waals surface area contributed by atoms with Gasteiger partial charge in [0, 0.05) is 23.0 Å². The molecule has 0 saturated carbocycles. The molecule has 1 aromatic carbocycles. The first-order valence-electron chi connectivity index (χ1n) is 5.78. The smallest absolute Gasteiger partial charge is 0.156 e. The van der Waals surface area contributed by atoms with Gasteiger partial charge in [-0.3, -0.25) is 0 Å². The van der Waals surface area contributed by atoms with E-state index in [-0.39, 0.29) is 0 Å². The van der Waals surface area contributed by atoms with Crippen LogP contribution in [0.3, 0.4) is 0 Å². The molecule has 0 bridgehead atoms. The Labute approximate surface area is 141 Å². The van der Waals surface area contributed by atoms with Crippen LogP contribution in [0.25, 0.3) is 0 Å². The molecule has 7 heteroatoms. The number of hydrogen-bond acceptors (Lipinski definition) is 3. The Morgan fingerprint density at radius 2 is 1.75 bits per heavy atom. The van der Waals surface area contributed by atoms with Crippen LogP contribution in [0.15, 0.2) is 24.3 Å². The molecule has 2 aromatic rings. The topological polar surface area (TPSA) is 21.3 Å². The van der Waals surface area contributed by atoms with Crippen molar-refractivity contribution in [3.05, 3.63) is 48.5 Å². The van der Waals surface area contributed by atoms with Crippen molar-refractivity contribution in [2.45, 2.75) is 6.54 Å². The molecule has 0 aliphatic rings. The average molecular weight is 371 g/mol. The van der Waals surface area contributed by atoms with Crippen LogP contribution >= 0.6 is 57.7 Å². The van der Waals surface area contributed by atoms with Crippen LogP contribution in [0.5, 0.6) is 5.75 Å². The molecule has 1 aromatic heterocycles. The largest absolute Gasteiger partial charge is 0.489 e. The predicted molar refractivity (Wildman–Crippen MR) is 88.0 cm³/mol. The molecule has 0 atom stereocenters. The number of rotatable bonds is 6. The fourth-order valence-electron chi connectivity index (χ4n) is 1.55. The minimum atomic E-state index is 0.410. The van der Waals surface area contributed by atoms with Crippen molar-refractivity contribution in [2.75, 3.05) is 13.2 Å². The minimum absolute atomic E-state index is 0.410. The van der Waals surface area contributed by atoms with E-state index in [1.54, 1.807) is 23.5 Å². The molecule has 0 aliphatic heterocycles. The van der Waals surface area contributed by atoms with Gasteiger partial charge in [0.2, 0.25) is 0 Å². The Hall–Kier alpha value is -0.160. The van der Waals surface area contributed by atoms with E-state index in [9.17, 15) is 0 Å². The summed E-state index contributed by atoms with van der Waals surface area (Å²) in [6.07, 6.45) is 0. The van der Waals surface area contributed by atoms with Crippen molar-refractivity contribution >= 4 is 57.7 Å². The molecule has 0 unspecified atom stereocenters. The van der Waals surface area contributed by atoms with Crippen LogP contribution in [-0.2, 0) is 6.54 Å². The van der Waals surface area contributed by atoms with E-state index in [1.807, 2.05) is 12.1 Å². The molecule has 2 nitrogen and oxygen atoms in total. The van der Waals surface area contributed by atoms with Crippen LogP contribution in [-0.4, -0.2) is 13.2 Å². The van der Waals surface area contributed by atoms with Gasteiger partial charge in [-0.2, -0.15) is 0 Å². The summed E-state index contributed by atoms with van der Waals surface area (Å²) in [5, 5.41) is 4.56. The van der Waals surface area contributed by atoms with Gasteiger partial charge in [-0.1, -0.05) is 46.4 Å². The average Bonchev–Trinajstić information content (AvgIpc) is 2.77. The Morgan fingerprint density at radius 1 is 1.05 bits per heavy atom. The van der Waals surface area contributed by atoms with E-state index in [0.29, 0.717) is 34.0 Å². The maximum absolute atomic E-state index is 6.02. The van der Waals surface area contributed by atoms with Crippen LogP contribution in [0.4, 0.5) is 0 Å². The fraction of sp³-hybridized carbons (Fsp3) is 0.231. The highest BCUT2D eigenvalue weighted by Crippen LogP contribution is 2.35. The molecule has 0 fully saturated rings. The molecule has 0 saturated heterocycles. The first-order chi connectivity index (χ1) is 9.56. The van der Waals surface area contributed by atoms with E-state index >= 15 is 0 Å². The number of benzene rings is 1. The summed E-state index contributed by atoms with van der Waals surface area (Å²) < 4.78 is 6.35. The lowest BCUT2D eigenvalue weighted by Crippen LogP contribution is -2.20. The fourth-order valence-corrected chi connectivity index (χ4v) is 3.53. The third-order valence-electron chi connectivity index (χ3n) is 2.42. The lowest BCUT2D eigenvalue weighted by atomic mass is 10.3. The predicted octanol–water partition coefficient (Wildman–Crippen LogP) is 5.53. The molecule has 108 valence electrons. The summed E-state index contributed by atoms with van der Waals surface area (Å²) in [6, 6.07) is 7.08. The zero-order chi connectivity index (χ0) is 14.5. The Morgan fingerprint density at radius 3 is 2.35 bits per heavy atom. The van der Waals surface area contributed by atoms with Gasteiger partial charge in [0.05, 0.1) is 14.4 Å². The SMILES string of the molecule is Clc1cc(Cl)c(OCCNCc2ccc(Cl)s2)c(Cl)c1. The molecule has 0 aliphatic carbocycles. The third-order valence-corrected chi connectivity index (χ3v) is 4.43. The van der Waals surface area contributed by atoms with Crippen molar-refractivity contribution in [3.63, 3.8) is 0 Å². The highest BCUT2D eigenvalue weighted by Gasteiger charge is 2.08. The molecule has 0 spiro atoms. The Kier molecular flexibility index (Phi) is 6.27. The van der Waals surface area contributed by atoms with Gasteiger partial charge in [0.25, 0.3) is 0 Å². The number of nitrogens with one attached hydrogen (secondary N) is 1. The maximum Gasteiger partial charge on any atom is 0.156 e. The van der Waals surface area contributed by atoms with Gasteiger partial charge in [0.15, 0.2) is 5.75 Å². The summed E-state index contributed by atoms with van der Waals surface area (Å²) in [4.78, 5) is 1.18. The van der Waals surface area contributed by atoms with Crippen LogP contribution in [0.2, 0.25) is 19.4 Å². The molecule has 0 amide bonds. The molecular weight excluding hydrogens is 360 g/mol. The van der Waals surface area contributed by atoms with E-state index in [1.165, 1.54) is 4.88 Å². The summed E-state index contributed by atoms with van der Waals surface area (Å²) in [7, 11) is 0. The molecule has 20 heavy (non-hydrogen) atoms. The summed E-state index contributed by atoms with van der Waals surface area (Å²) in [5.74, 6) is 0.457. The monoisotopic (exact) mass is 369 g/mol. The Bertz CT molecular complexity index is 564. The van der Waals surface area contributed by atoms with Crippen molar-refractivity contribution < 1.29 is 4.74 Å². The second-order valence-corrected chi connectivity index (χ2v) is 6.98. The van der Waals surface area contributed by atoms with E-state index in [2.05, 4.69) is 5.32 Å². The standard InChI is InChI=1S/C13H11Cl4NOS/c14-8-5-10(15)13(11(16)6-8)19-4-3-18-7-9-1-2-12(17)20-9/h1-2,5-6,18H,3-4,7H2. The van der Waals surface area contributed by atoms with E-state index in [4.69, 9.17) is 51.1 Å². The van der Waals surface area contributed by atoms with Gasteiger partial charge >= 0.3 is 0 Å². The second kappa shape index (κ2) is 7.74. The van der Waals surface area contributed by atoms with Crippen molar-refractivity contribution in [3.8, 4) is 5.75 Å². The second-order valence-electron chi connectivity index (χ2n) is 3.93. The summed E-state index contributed by atoms with van der Waals surface area (Å²) >= 11 is 25.3. The molecule has 1 heterocycles. The molecular formula is C13H11Cl4NOS. The van der Waals surface area contributed by atoms with Gasteiger partial charge in [-0.05, 0) is 24.3 Å². The number of ether oxygens (including phenoxy) is 1. The molecule has 0 radical (unpaired) electrons. The highest BCUT2D eigenvalue weighted by atomic mass is 35.5. The van der Waals surface area contributed by atoms with Crippen molar-refractivity contribution in [1.29, 1.82) is 0 Å². The van der Waals surface area contributed by atoms with E-state index in [0.717, 1.165) is 10.9 Å². The highest BCUT2D eigenvalue weighted by molar-refractivity contribution is 7.16. The lowest BCUT2D eigenvalue weighted by molar-refractivity contribution is 0.314. The van der Waals surface area contributed by atoms with Gasteiger partial charge in [-0.15, -0.1) is 11.3 Å². The quantitative estimate of drug-likeness (QED) is 0.675. The van der Waals surface area contributed by atoms with Gasteiger partial charge in [-0.25, -0.2) is 0 Å². The van der Waals surface area contributed by atoms with Crippen LogP contribution < -0.4 is 10.1 Å². The van der Waals surface area contributed by atoms with Crippen LogP contribution in [0.1, 0.15) is 4.88 Å². The normalized spacial score (nSPS) is 10.8. The molecule has 1 N–H and O–H groups in total. The minimum Gasteiger partial charge on any atom is -0.489 e. The Balaban J connectivity index is 1.76. The van der Waals surface area contributed by atoms with Gasteiger partial charge < -0.3 is 10.1 Å². The zero-order valence-corrected chi connectivity index (χ0v) is 14.1. The van der Waals surface area contributed by atoms with Crippen molar-refractivity contribution in [1.82, 2.24) is 5.32 Å². The summed E-state index contributed by atoms with van der Waals surface area (Å²) in [6.45, 7) is 1.88. The number of hydrogen-bond donors (Lipinski definition) is 1.